The van der Waals surface area contributed by atoms with Gasteiger partial charge in [0.15, 0.2) is 0 Å². The number of aliphatic hydroxyl groups is 1. The van der Waals surface area contributed by atoms with E-state index in [9.17, 15) is 4.79 Å². The summed E-state index contributed by atoms with van der Waals surface area (Å²) in [5, 5.41) is 10.1. The van der Waals surface area contributed by atoms with Gasteiger partial charge in [-0.05, 0) is 26.8 Å². The van der Waals surface area contributed by atoms with Crippen LogP contribution in [0.3, 0.4) is 0 Å². The van der Waals surface area contributed by atoms with Crippen molar-refractivity contribution in [2.24, 2.45) is 0 Å². The average molecular weight is 260 g/mol. The Morgan fingerprint density at radius 2 is 2.05 bits per heavy atom. The Balaban J connectivity index is 2.48. The van der Waals surface area contributed by atoms with Crippen molar-refractivity contribution in [2.75, 3.05) is 13.2 Å². The van der Waals surface area contributed by atoms with Crippen molar-refractivity contribution in [2.45, 2.75) is 26.8 Å². The van der Waals surface area contributed by atoms with Crippen molar-refractivity contribution in [3.8, 4) is 0 Å². The molecule has 0 aliphatic carbocycles. The minimum Gasteiger partial charge on any atom is -0.395 e. The Bertz CT molecular complexity index is 587. The molecule has 19 heavy (non-hydrogen) atoms. The number of aryl methyl sites for hydroxylation is 1. The van der Waals surface area contributed by atoms with E-state index in [-0.39, 0.29) is 18.6 Å². The molecule has 0 bridgehead atoms. The van der Waals surface area contributed by atoms with Crippen LogP contribution in [0.5, 0.6) is 0 Å². The Kier molecular flexibility index (Phi) is 3.90. The number of nitrogens with zero attached hydrogens (tertiary/aromatic N) is 1. The number of nitrogens with one attached hydrogen (secondary N) is 1. The monoisotopic (exact) mass is 260 g/mol. The minimum atomic E-state index is -0.0287. The van der Waals surface area contributed by atoms with E-state index >= 15 is 0 Å². The van der Waals surface area contributed by atoms with Crippen LogP contribution in [0.2, 0.25) is 0 Å². The van der Waals surface area contributed by atoms with E-state index in [4.69, 9.17) is 5.11 Å². The third-order valence-corrected chi connectivity index (χ3v) is 3.33. The topological polar surface area (TPSA) is 56.3 Å². The number of benzene rings is 1. The molecule has 2 N–H and O–H groups in total. The number of aromatic amines is 1. The maximum Gasteiger partial charge on any atom is 0.256 e. The second-order valence-corrected chi connectivity index (χ2v) is 4.99. The first-order valence-electron chi connectivity index (χ1n) is 6.55. The lowest BCUT2D eigenvalue weighted by atomic mass is 10.1. The van der Waals surface area contributed by atoms with Crippen LogP contribution in [-0.4, -0.2) is 40.1 Å². The van der Waals surface area contributed by atoms with Crippen LogP contribution < -0.4 is 0 Å². The van der Waals surface area contributed by atoms with Crippen molar-refractivity contribution in [3.63, 3.8) is 0 Å². The second-order valence-electron chi connectivity index (χ2n) is 4.99. The van der Waals surface area contributed by atoms with Gasteiger partial charge in [0.2, 0.25) is 0 Å². The lowest BCUT2D eigenvalue weighted by Gasteiger charge is -2.26. The first kappa shape index (κ1) is 13.6. The predicted molar refractivity (Wildman–Crippen MR) is 76.3 cm³/mol. The number of rotatable bonds is 4. The fraction of sp³-hybridized carbons (Fsp3) is 0.400. The SMILES string of the molecule is Cc1[nH]c2ccccc2c1C(=O)N(CCO)C(C)C. The van der Waals surface area contributed by atoms with Gasteiger partial charge in [0.05, 0.1) is 12.2 Å². The number of aromatic nitrogens is 1. The zero-order chi connectivity index (χ0) is 14.0. The lowest BCUT2D eigenvalue weighted by molar-refractivity contribution is 0.0666. The Labute approximate surface area is 113 Å². The molecule has 0 saturated heterocycles. The third-order valence-electron chi connectivity index (χ3n) is 3.33. The van der Waals surface area contributed by atoms with Gasteiger partial charge >= 0.3 is 0 Å². The number of carbonyl (C=O) groups excluding carboxylic acids is 1. The summed E-state index contributed by atoms with van der Waals surface area (Å²) < 4.78 is 0. The molecular weight excluding hydrogens is 240 g/mol. The summed E-state index contributed by atoms with van der Waals surface area (Å²) in [6, 6.07) is 7.85. The van der Waals surface area contributed by atoms with Crippen LogP contribution in [0.4, 0.5) is 0 Å². The molecule has 1 heterocycles. The number of carbonyl (C=O) groups is 1. The van der Waals surface area contributed by atoms with Gasteiger partial charge in [-0.1, -0.05) is 18.2 Å². The van der Waals surface area contributed by atoms with E-state index in [1.807, 2.05) is 45.0 Å². The first-order valence-corrected chi connectivity index (χ1v) is 6.55. The van der Waals surface area contributed by atoms with E-state index in [1.54, 1.807) is 4.90 Å². The van der Waals surface area contributed by atoms with Crippen molar-refractivity contribution in [3.05, 3.63) is 35.5 Å². The summed E-state index contributed by atoms with van der Waals surface area (Å²) in [5.41, 5.74) is 2.54. The van der Waals surface area contributed by atoms with Gasteiger partial charge in [0.1, 0.15) is 0 Å². The van der Waals surface area contributed by atoms with E-state index in [0.717, 1.165) is 16.6 Å². The van der Waals surface area contributed by atoms with Crippen LogP contribution in [-0.2, 0) is 0 Å². The van der Waals surface area contributed by atoms with Gasteiger partial charge in [-0.3, -0.25) is 4.79 Å². The number of hydrogen-bond acceptors (Lipinski definition) is 2. The largest absolute Gasteiger partial charge is 0.395 e. The Morgan fingerprint density at radius 3 is 2.68 bits per heavy atom. The van der Waals surface area contributed by atoms with E-state index in [2.05, 4.69) is 4.98 Å². The first-order chi connectivity index (χ1) is 9.06. The number of amides is 1. The Morgan fingerprint density at radius 1 is 1.37 bits per heavy atom. The summed E-state index contributed by atoms with van der Waals surface area (Å²) in [6.07, 6.45) is 0. The van der Waals surface area contributed by atoms with Gasteiger partial charge < -0.3 is 15.0 Å². The van der Waals surface area contributed by atoms with Gasteiger partial charge in [0.25, 0.3) is 5.91 Å². The van der Waals surface area contributed by atoms with Gasteiger partial charge in [-0.25, -0.2) is 0 Å². The second kappa shape index (κ2) is 5.45. The molecule has 1 aromatic carbocycles. The number of H-pyrrole nitrogens is 1. The predicted octanol–water partition coefficient (Wildman–Crippen LogP) is 2.32. The molecule has 0 spiro atoms. The molecule has 4 nitrogen and oxygen atoms in total. The number of aliphatic hydroxyl groups excluding tert-OH is 1. The van der Waals surface area contributed by atoms with Gasteiger partial charge in [-0.15, -0.1) is 0 Å². The van der Waals surface area contributed by atoms with E-state index in [0.29, 0.717) is 12.1 Å². The summed E-state index contributed by atoms with van der Waals surface area (Å²) >= 11 is 0. The molecule has 102 valence electrons. The molecule has 0 saturated carbocycles. The molecule has 2 aromatic rings. The smallest absolute Gasteiger partial charge is 0.256 e. The number of para-hydroxylation sites is 1. The van der Waals surface area contributed by atoms with E-state index in [1.165, 1.54) is 0 Å². The molecule has 2 rings (SSSR count). The zero-order valence-electron chi connectivity index (χ0n) is 11.6. The lowest BCUT2D eigenvalue weighted by Crippen LogP contribution is -2.39. The highest BCUT2D eigenvalue weighted by Gasteiger charge is 2.23. The van der Waals surface area contributed by atoms with E-state index < -0.39 is 0 Å². The fourth-order valence-corrected chi connectivity index (χ4v) is 2.40. The van der Waals surface area contributed by atoms with Crippen LogP contribution in [0.1, 0.15) is 29.9 Å². The summed E-state index contributed by atoms with van der Waals surface area (Å²) in [6.45, 7) is 6.15. The molecule has 1 amide bonds. The summed E-state index contributed by atoms with van der Waals surface area (Å²) in [4.78, 5) is 17.6. The van der Waals surface area contributed by atoms with Crippen molar-refractivity contribution < 1.29 is 9.90 Å². The third kappa shape index (κ3) is 2.49. The average Bonchev–Trinajstić information content (AvgIpc) is 2.70. The molecule has 0 aliphatic heterocycles. The number of hydrogen-bond donors (Lipinski definition) is 2. The van der Waals surface area contributed by atoms with Crippen LogP contribution >= 0.6 is 0 Å². The number of fused-ring (bicyclic) bond motifs is 1. The van der Waals surface area contributed by atoms with Gasteiger partial charge in [-0.2, -0.15) is 0 Å². The molecular formula is C15H20N2O2. The summed E-state index contributed by atoms with van der Waals surface area (Å²) in [5.74, 6) is -0.0287. The standard InChI is InChI=1S/C15H20N2O2/c1-10(2)17(8-9-18)15(19)14-11(3)16-13-7-5-4-6-12(13)14/h4-7,10,16,18H,8-9H2,1-3H3. The normalized spacial score (nSPS) is 11.2. The van der Waals surface area contributed by atoms with Crippen molar-refractivity contribution in [1.29, 1.82) is 0 Å². The molecule has 0 radical (unpaired) electrons. The van der Waals surface area contributed by atoms with Gasteiger partial charge in [0, 0.05) is 29.2 Å². The summed E-state index contributed by atoms with van der Waals surface area (Å²) in [7, 11) is 0. The quantitative estimate of drug-likeness (QED) is 0.886. The Hall–Kier alpha value is -1.81. The fourth-order valence-electron chi connectivity index (χ4n) is 2.40. The molecule has 4 heteroatoms. The molecule has 0 atom stereocenters. The molecule has 0 fully saturated rings. The van der Waals surface area contributed by atoms with Crippen LogP contribution in [0, 0.1) is 6.92 Å². The molecule has 0 aliphatic rings. The zero-order valence-corrected chi connectivity index (χ0v) is 11.6. The molecule has 1 aromatic heterocycles. The van der Waals surface area contributed by atoms with Crippen LogP contribution in [0.15, 0.2) is 24.3 Å². The van der Waals surface area contributed by atoms with Crippen molar-refractivity contribution >= 4 is 16.8 Å². The maximum atomic E-state index is 12.7. The maximum absolute atomic E-state index is 12.7. The highest BCUT2D eigenvalue weighted by atomic mass is 16.3. The van der Waals surface area contributed by atoms with Crippen LogP contribution in [0.25, 0.3) is 10.9 Å². The minimum absolute atomic E-state index is 0.0225. The molecule has 0 unspecified atom stereocenters. The van der Waals surface area contributed by atoms with Crippen molar-refractivity contribution in [1.82, 2.24) is 9.88 Å². The highest BCUT2D eigenvalue weighted by Crippen LogP contribution is 2.23. The highest BCUT2D eigenvalue weighted by molar-refractivity contribution is 6.08.